The Morgan fingerprint density at radius 2 is 1.76 bits per heavy atom. The first kappa shape index (κ1) is 23.3. The molecule has 8 nitrogen and oxygen atoms in total. The third kappa shape index (κ3) is 4.75. The number of H-pyrrole nitrogens is 1. The third-order valence-electron chi connectivity index (χ3n) is 5.48. The van der Waals surface area contributed by atoms with Crippen molar-refractivity contribution in [1.82, 2.24) is 15.2 Å². The van der Waals surface area contributed by atoms with Gasteiger partial charge in [0.25, 0.3) is 5.91 Å². The number of carbonyl (C=O) groups excluding carboxylic acids is 2. The second-order valence-corrected chi connectivity index (χ2v) is 10.3. The van der Waals surface area contributed by atoms with Crippen molar-refractivity contribution < 1.29 is 22.7 Å². The van der Waals surface area contributed by atoms with Gasteiger partial charge in [0, 0.05) is 29.0 Å². The molecule has 0 aliphatic carbocycles. The van der Waals surface area contributed by atoms with Gasteiger partial charge in [-0.15, -0.1) is 0 Å². The number of rotatable bonds is 5. The molecule has 0 radical (unpaired) electrons. The van der Waals surface area contributed by atoms with Crippen LogP contribution in [0.3, 0.4) is 0 Å². The molecule has 1 aliphatic rings. The molecule has 3 aromatic rings. The van der Waals surface area contributed by atoms with Crippen molar-refractivity contribution in [2.24, 2.45) is 0 Å². The van der Waals surface area contributed by atoms with Gasteiger partial charge in [0.15, 0.2) is 0 Å². The predicted molar refractivity (Wildman–Crippen MR) is 124 cm³/mol. The number of hydrogen-bond donors (Lipinski definition) is 2. The summed E-state index contributed by atoms with van der Waals surface area (Å²) < 4.78 is 32.6. The van der Waals surface area contributed by atoms with Gasteiger partial charge in [-0.3, -0.25) is 9.59 Å². The molecule has 2 amide bonds. The molecule has 0 saturated carbocycles. The van der Waals surface area contributed by atoms with Crippen molar-refractivity contribution in [3.8, 4) is 0 Å². The molecular weight excluding hydrogens is 466 g/mol. The van der Waals surface area contributed by atoms with Crippen molar-refractivity contribution in [3.05, 3.63) is 58.2 Å². The Balaban J connectivity index is 1.73. The maximum Gasteiger partial charge on any atom is 0.269 e. The molecule has 1 saturated heterocycles. The number of morpholine rings is 1. The SMILES string of the molecule is Cc1cc(C)cc(S(=O)(=O)c2c(C(=O)NCC(=O)N3CCOCC3)[nH]c3ccc(Cl)cc23)c1. The number of nitrogens with zero attached hydrogens (tertiary/aromatic N) is 1. The van der Waals surface area contributed by atoms with Crippen LogP contribution >= 0.6 is 11.6 Å². The highest BCUT2D eigenvalue weighted by molar-refractivity contribution is 7.91. The lowest BCUT2D eigenvalue weighted by Gasteiger charge is -2.26. The van der Waals surface area contributed by atoms with E-state index in [1.807, 2.05) is 19.9 Å². The number of sulfone groups is 1. The minimum atomic E-state index is -4.08. The summed E-state index contributed by atoms with van der Waals surface area (Å²) in [7, 11) is -4.08. The molecule has 10 heteroatoms. The predicted octanol–water partition coefficient (Wildman–Crippen LogP) is 2.86. The van der Waals surface area contributed by atoms with Crippen LogP contribution in [0, 0.1) is 13.8 Å². The van der Waals surface area contributed by atoms with Crippen LogP contribution in [-0.2, 0) is 19.4 Å². The average Bonchev–Trinajstić information content (AvgIpc) is 3.16. The second-order valence-electron chi connectivity index (χ2n) is 8.02. The maximum absolute atomic E-state index is 13.7. The summed E-state index contributed by atoms with van der Waals surface area (Å²) in [5.74, 6) is -0.948. The zero-order valence-corrected chi connectivity index (χ0v) is 19.8. The summed E-state index contributed by atoms with van der Waals surface area (Å²) >= 11 is 6.15. The minimum absolute atomic E-state index is 0.0827. The zero-order chi connectivity index (χ0) is 23.8. The van der Waals surface area contributed by atoms with E-state index in [0.29, 0.717) is 42.2 Å². The van der Waals surface area contributed by atoms with E-state index < -0.39 is 15.7 Å². The van der Waals surface area contributed by atoms with Crippen LogP contribution in [0.2, 0.25) is 5.02 Å². The summed E-state index contributed by atoms with van der Waals surface area (Å²) in [5, 5.41) is 3.21. The molecule has 0 spiro atoms. The van der Waals surface area contributed by atoms with Crippen molar-refractivity contribution >= 4 is 44.2 Å². The summed E-state index contributed by atoms with van der Waals surface area (Å²) in [6.07, 6.45) is 0. The van der Waals surface area contributed by atoms with Crippen molar-refractivity contribution in [2.75, 3.05) is 32.8 Å². The van der Waals surface area contributed by atoms with Crippen molar-refractivity contribution in [2.45, 2.75) is 23.6 Å². The lowest BCUT2D eigenvalue weighted by molar-refractivity contribution is -0.134. The molecule has 1 fully saturated rings. The fraction of sp³-hybridized carbons (Fsp3) is 0.304. The van der Waals surface area contributed by atoms with Crippen LogP contribution in [0.4, 0.5) is 0 Å². The molecule has 4 rings (SSSR count). The van der Waals surface area contributed by atoms with Gasteiger partial charge in [0.05, 0.1) is 24.7 Å². The largest absolute Gasteiger partial charge is 0.378 e. The van der Waals surface area contributed by atoms with Crippen LogP contribution in [0.1, 0.15) is 21.6 Å². The number of aromatic amines is 1. The normalized spacial score (nSPS) is 14.5. The first-order chi connectivity index (χ1) is 15.7. The lowest BCUT2D eigenvalue weighted by Crippen LogP contribution is -2.45. The highest BCUT2D eigenvalue weighted by Gasteiger charge is 2.30. The van der Waals surface area contributed by atoms with Gasteiger partial charge < -0.3 is 19.9 Å². The van der Waals surface area contributed by atoms with E-state index in [2.05, 4.69) is 10.3 Å². The van der Waals surface area contributed by atoms with Crippen molar-refractivity contribution in [1.29, 1.82) is 0 Å². The van der Waals surface area contributed by atoms with E-state index in [-0.39, 0.29) is 27.9 Å². The Hall–Kier alpha value is -2.88. The molecule has 1 aromatic heterocycles. The van der Waals surface area contributed by atoms with Gasteiger partial charge in [0.2, 0.25) is 15.7 Å². The average molecular weight is 490 g/mol. The number of carbonyl (C=O) groups is 2. The molecular formula is C23H24ClN3O5S. The molecule has 2 aromatic carbocycles. The number of fused-ring (bicyclic) bond motifs is 1. The van der Waals surface area contributed by atoms with Gasteiger partial charge in [0.1, 0.15) is 10.6 Å². The number of aryl methyl sites for hydroxylation is 2. The molecule has 33 heavy (non-hydrogen) atoms. The molecule has 0 atom stereocenters. The van der Waals surface area contributed by atoms with E-state index >= 15 is 0 Å². The molecule has 1 aliphatic heterocycles. The number of hydrogen-bond acceptors (Lipinski definition) is 5. The fourth-order valence-electron chi connectivity index (χ4n) is 3.95. The van der Waals surface area contributed by atoms with E-state index in [1.54, 1.807) is 29.2 Å². The van der Waals surface area contributed by atoms with Crippen LogP contribution in [-0.4, -0.2) is 63.0 Å². The van der Waals surface area contributed by atoms with Gasteiger partial charge >= 0.3 is 0 Å². The maximum atomic E-state index is 13.7. The topological polar surface area (TPSA) is 109 Å². The molecule has 0 bridgehead atoms. The second kappa shape index (κ2) is 9.17. The summed E-state index contributed by atoms with van der Waals surface area (Å²) in [6, 6.07) is 9.74. The van der Waals surface area contributed by atoms with E-state index in [0.717, 1.165) is 11.1 Å². The highest BCUT2D eigenvalue weighted by Crippen LogP contribution is 2.34. The summed E-state index contributed by atoms with van der Waals surface area (Å²) in [4.78, 5) is 29.9. The number of halogens is 1. The third-order valence-corrected chi connectivity index (χ3v) is 7.53. The summed E-state index contributed by atoms with van der Waals surface area (Å²) in [6.45, 7) is 5.16. The lowest BCUT2D eigenvalue weighted by atomic mass is 10.2. The van der Waals surface area contributed by atoms with E-state index in [9.17, 15) is 18.0 Å². The number of aromatic nitrogens is 1. The number of amides is 2. The number of nitrogens with one attached hydrogen (secondary N) is 2. The fourth-order valence-corrected chi connectivity index (χ4v) is 5.91. The monoisotopic (exact) mass is 489 g/mol. The first-order valence-corrected chi connectivity index (χ1v) is 12.3. The molecule has 2 heterocycles. The van der Waals surface area contributed by atoms with Crippen LogP contribution in [0.5, 0.6) is 0 Å². The first-order valence-electron chi connectivity index (χ1n) is 10.4. The zero-order valence-electron chi connectivity index (χ0n) is 18.3. The van der Waals surface area contributed by atoms with Crippen LogP contribution in [0.15, 0.2) is 46.2 Å². The van der Waals surface area contributed by atoms with Gasteiger partial charge in [-0.1, -0.05) is 17.7 Å². The summed E-state index contributed by atoms with van der Waals surface area (Å²) in [5.41, 5.74) is 1.88. The highest BCUT2D eigenvalue weighted by atomic mass is 35.5. The number of ether oxygens (including phenoxy) is 1. The van der Waals surface area contributed by atoms with Crippen LogP contribution < -0.4 is 5.32 Å². The smallest absolute Gasteiger partial charge is 0.269 e. The molecule has 174 valence electrons. The Morgan fingerprint density at radius 3 is 2.42 bits per heavy atom. The van der Waals surface area contributed by atoms with E-state index in [4.69, 9.17) is 16.3 Å². The van der Waals surface area contributed by atoms with Crippen molar-refractivity contribution in [3.63, 3.8) is 0 Å². The number of benzene rings is 2. The van der Waals surface area contributed by atoms with Gasteiger partial charge in [-0.2, -0.15) is 0 Å². The Labute approximate surface area is 196 Å². The van der Waals surface area contributed by atoms with Crippen LogP contribution in [0.25, 0.3) is 10.9 Å². The van der Waals surface area contributed by atoms with Gasteiger partial charge in [-0.05, 0) is 55.3 Å². The quantitative estimate of drug-likeness (QED) is 0.573. The standard InChI is InChI=1S/C23H24ClN3O5S/c1-14-9-15(2)11-17(10-14)33(30,31)22-18-12-16(24)3-4-19(18)26-21(22)23(29)25-13-20(28)27-5-7-32-8-6-27/h3-4,9-12,26H,5-8,13H2,1-2H3,(H,25,29). The van der Waals surface area contributed by atoms with Gasteiger partial charge in [-0.25, -0.2) is 8.42 Å². The Morgan fingerprint density at radius 1 is 1.09 bits per heavy atom. The minimum Gasteiger partial charge on any atom is -0.378 e. The molecule has 0 unspecified atom stereocenters. The Bertz CT molecular complexity index is 1320. The van der Waals surface area contributed by atoms with E-state index in [1.165, 1.54) is 6.07 Å². The molecule has 2 N–H and O–H groups in total. The Kier molecular flexibility index (Phi) is 6.47.